The highest BCUT2D eigenvalue weighted by molar-refractivity contribution is 7.99. The SMILES string of the molecule is Cc1sc2nc([C@H](C)Sc3nnc(-c4ccco4)o3)[nH]c(=O)c2c1C. The molecule has 0 aliphatic heterocycles. The Morgan fingerprint density at radius 3 is 2.92 bits per heavy atom. The molecule has 9 heteroatoms. The van der Waals surface area contributed by atoms with Crippen LogP contribution in [-0.4, -0.2) is 20.2 Å². The van der Waals surface area contributed by atoms with E-state index in [1.165, 1.54) is 23.1 Å². The number of hydrogen-bond acceptors (Lipinski definition) is 8. The molecule has 4 aromatic heterocycles. The largest absolute Gasteiger partial charge is 0.459 e. The van der Waals surface area contributed by atoms with Gasteiger partial charge < -0.3 is 13.8 Å². The van der Waals surface area contributed by atoms with Gasteiger partial charge in [0.1, 0.15) is 10.7 Å². The summed E-state index contributed by atoms with van der Waals surface area (Å²) in [5, 5.41) is 8.88. The average Bonchev–Trinajstić information content (AvgIpc) is 3.29. The zero-order valence-corrected chi connectivity index (χ0v) is 15.3. The predicted octanol–water partition coefficient (Wildman–Crippen LogP) is 4.10. The summed E-state index contributed by atoms with van der Waals surface area (Å²) in [5.41, 5.74) is 0.872. The Bertz CT molecular complexity index is 1090. The molecule has 4 rings (SSSR count). The fourth-order valence-electron chi connectivity index (χ4n) is 2.43. The molecule has 0 spiro atoms. The van der Waals surface area contributed by atoms with Crippen LogP contribution in [-0.2, 0) is 0 Å². The van der Waals surface area contributed by atoms with Crippen molar-refractivity contribution in [3.05, 3.63) is 45.0 Å². The lowest BCUT2D eigenvalue weighted by Crippen LogP contribution is -2.12. The molecule has 0 unspecified atom stereocenters. The van der Waals surface area contributed by atoms with Crippen LogP contribution in [0, 0.1) is 13.8 Å². The van der Waals surface area contributed by atoms with Crippen molar-refractivity contribution < 1.29 is 8.83 Å². The van der Waals surface area contributed by atoms with Gasteiger partial charge in [0.05, 0.1) is 16.9 Å². The van der Waals surface area contributed by atoms with Gasteiger partial charge in [0.25, 0.3) is 16.7 Å². The van der Waals surface area contributed by atoms with E-state index in [4.69, 9.17) is 8.83 Å². The van der Waals surface area contributed by atoms with Crippen LogP contribution in [0.5, 0.6) is 0 Å². The first-order valence-corrected chi connectivity index (χ1v) is 9.26. The summed E-state index contributed by atoms with van der Waals surface area (Å²) in [6, 6.07) is 3.50. The number of nitrogens with one attached hydrogen (secondary N) is 1. The molecule has 4 aromatic rings. The van der Waals surface area contributed by atoms with Crippen LogP contribution in [0.1, 0.15) is 28.4 Å². The molecular weight excluding hydrogens is 360 g/mol. The van der Waals surface area contributed by atoms with E-state index in [1.807, 2.05) is 20.8 Å². The maximum atomic E-state index is 12.4. The van der Waals surface area contributed by atoms with Crippen LogP contribution in [0.4, 0.5) is 0 Å². The molecule has 4 heterocycles. The van der Waals surface area contributed by atoms with E-state index in [0.29, 0.717) is 28.1 Å². The van der Waals surface area contributed by atoms with E-state index in [0.717, 1.165) is 15.3 Å². The van der Waals surface area contributed by atoms with Crippen molar-refractivity contribution in [2.75, 3.05) is 0 Å². The van der Waals surface area contributed by atoms with E-state index in [9.17, 15) is 4.79 Å². The number of aryl methyl sites for hydroxylation is 2. The second-order valence-electron chi connectivity index (χ2n) is 5.53. The van der Waals surface area contributed by atoms with Gasteiger partial charge in [-0.3, -0.25) is 4.79 Å². The molecule has 0 saturated carbocycles. The first-order valence-electron chi connectivity index (χ1n) is 7.57. The molecule has 7 nitrogen and oxygen atoms in total. The molecule has 0 radical (unpaired) electrons. The number of hydrogen-bond donors (Lipinski definition) is 1. The second-order valence-corrected chi connectivity index (χ2v) is 8.02. The topological polar surface area (TPSA) is 97.8 Å². The van der Waals surface area contributed by atoms with Crippen molar-refractivity contribution >= 4 is 33.3 Å². The number of furan rings is 1. The molecule has 0 bridgehead atoms. The lowest BCUT2D eigenvalue weighted by molar-refractivity contribution is 0.446. The van der Waals surface area contributed by atoms with Gasteiger partial charge >= 0.3 is 0 Å². The molecule has 0 aromatic carbocycles. The summed E-state index contributed by atoms with van der Waals surface area (Å²) in [6.07, 6.45) is 1.55. The Morgan fingerprint density at radius 2 is 2.16 bits per heavy atom. The first kappa shape index (κ1) is 16.1. The number of thioether (sulfide) groups is 1. The Balaban J connectivity index is 1.62. The van der Waals surface area contributed by atoms with Gasteiger partial charge in [0, 0.05) is 4.88 Å². The summed E-state index contributed by atoms with van der Waals surface area (Å²) in [4.78, 5) is 21.7. The molecular formula is C16H14N4O3S2. The molecule has 25 heavy (non-hydrogen) atoms. The molecule has 0 amide bonds. The Hall–Kier alpha value is -2.39. The third kappa shape index (κ3) is 2.89. The fraction of sp³-hybridized carbons (Fsp3) is 0.250. The van der Waals surface area contributed by atoms with E-state index >= 15 is 0 Å². The lowest BCUT2D eigenvalue weighted by atomic mass is 10.2. The quantitative estimate of drug-likeness (QED) is 0.537. The summed E-state index contributed by atoms with van der Waals surface area (Å²) in [6.45, 7) is 5.87. The maximum absolute atomic E-state index is 12.4. The number of nitrogens with zero attached hydrogens (tertiary/aromatic N) is 3. The van der Waals surface area contributed by atoms with Crippen LogP contribution in [0.25, 0.3) is 21.9 Å². The Morgan fingerprint density at radius 1 is 1.32 bits per heavy atom. The monoisotopic (exact) mass is 374 g/mol. The third-order valence-electron chi connectivity index (χ3n) is 3.86. The smallest absolute Gasteiger partial charge is 0.284 e. The summed E-state index contributed by atoms with van der Waals surface area (Å²) in [5.74, 6) is 1.42. The average molecular weight is 374 g/mol. The van der Waals surface area contributed by atoms with Crippen LogP contribution in [0.2, 0.25) is 0 Å². The van der Waals surface area contributed by atoms with Gasteiger partial charge in [0.15, 0.2) is 5.76 Å². The molecule has 128 valence electrons. The summed E-state index contributed by atoms with van der Waals surface area (Å²) in [7, 11) is 0. The minimum atomic E-state index is -0.148. The van der Waals surface area contributed by atoms with Gasteiger partial charge in [-0.25, -0.2) is 4.98 Å². The number of rotatable bonds is 4. The van der Waals surface area contributed by atoms with E-state index in [1.54, 1.807) is 18.4 Å². The number of aromatic amines is 1. The molecule has 0 aliphatic carbocycles. The fourth-order valence-corrected chi connectivity index (χ4v) is 4.21. The van der Waals surface area contributed by atoms with Gasteiger partial charge in [-0.1, -0.05) is 11.8 Å². The van der Waals surface area contributed by atoms with E-state index in [-0.39, 0.29) is 10.8 Å². The molecule has 0 aliphatic rings. The summed E-state index contributed by atoms with van der Waals surface area (Å²) >= 11 is 2.86. The molecule has 1 N–H and O–H groups in total. The number of aromatic nitrogens is 4. The van der Waals surface area contributed by atoms with Crippen LogP contribution < -0.4 is 5.56 Å². The number of thiophene rings is 1. The second kappa shape index (κ2) is 6.16. The van der Waals surface area contributed by atoms with Crippen molar-refractivity contribution in [1.82, 2.24) is 20.2 Å². The minimum Gasteiger partial charge on any atom is -0.459 e. The van der Waals surface area contributed by atoms with Crippen molar-refractivity contribution in [3.63, 3.8) is 0 Å². The first-order chi connectivity index (χ1) is 12.0. The Labute approximate surface area is 150 Å². The number of fused-ring (bicyclic) bond motifs is 1. The van der Waals surface area contributed by atoms with Gasteiger partial charge in [-0.05, 0) is 38.5 Å². The van der Waals surface area contributed by atoms with Crippen molar-refractivity contribution in [3.8, 4) is 11.7 Å². The van der Waals surface area contributed by atoms with Crippen molar-refractivity contribution in [2.45, 2.75) is 31.2 Å². The summed E-state index contributed by atoms with van der Waals surface area (Å²) < 4.78 is 10.8. The minimum absolute atomic E-state index is 0.115. The van der Waals surface area contributed by atoms with Crippen molar-refractivity contribution in [1.29, 1.82) is 0 Å². The molecule has 1 atom stereocenters. The zero-order chi connectivity index (χ0) is 17.6. The van der Waals surface area contributed by atoms with Crippen LogP contribution >= 0.6 is 23.1 Å². The standard InChI is InChI=1S/C16H14N4O3S2/c1-7-8(2)24-15-11(7)13(21)17-12(18-15)9(3)25-16-20-19-14(23-16)10-5-4-6-22-10/h4-6,9H,1-3H3,(H,17,18,21)/t9-/m0/s1. The lowest BCUT2D eigenvalue weighted by Gasteiger charge is -2.07. The van der Waals surface area contributed by atoms with E-state index in [2.05, 4.69) is 20.2 Å². The van der Waals surface area contributed by atoms with E-state index < -0.39 is 0 Å². The van der Waals surface area contributed by atoms with Gasteiger partial charge in [-0.2, -0.15) is 0 Å². The van der Waals surface area contributed by atoms with Crippen LogP contribution in [0.15, 0.2) is 37.2 Å². The maximum Gasteiger partial charge on any atom is 0.284 e. The number of H-pyrrole nitrogens is 1. The predicted molar refractivity (Wildman–Crippen MR) is 96.0 cm³/mol. The van der Waals surface area contributed by atoms with Gasteiger partial charge in [0.2, 0.25) is 0 Å². The zero-order valence-electron chi connectivity index (χ0n) is 13.7. The van der Waals surface area contributed by atoms with Crippen LogP contribution in [0.3, 0.4) is 0 Å². The normalized spacial score (nSPS) is 12.8. The Kier molecular flexibility index (Phi) is 3.97. The molecule has 0 saturated heterocycles. The van der Waals surface area contributed by atoms with Gasteiger partial charge in [-0.15, -0.1) is 21.5 Å². The van der Waals surface area contributed by atoms with Crippen molar-refractivity contribution in [2.24, 2.45) is 0 Å². The molecule has 0 fully saturated rings. The highest BCUT2D eigenvalue weighted by Gasteiger charge is 2.19. The third-order valence-corrected chi connectivity index (χ3v) is 5.90. The highest BCUT2D eigenvalue weighted by Crippen LogP contribution is 2.34. The highest BCUT2D eigenvalue weighted by atomic mass is 32.2.